The Morgan fingerprint density at radius 3 is 2.33 bits per heavy atom. The maximum Gasteiger partial charge on any atom is 0.255 e. The van der Waals surface area contributed by atoms with E-state index in [-0.39, 0.29) is 11.8 Å². The molecule has 2 amide bonds. The fourth-order valence-corrected chi connectivity index (χ4v) is 4.35. The van der Waals surface area contributed by atoms with Crippen molar-refractivity contribution in [2.45, 2.75) is 33.6 Å². The van der Waals surface area contributed by atoms with Gasteiger partial charge in [0.25, 0.3) is 11.8 Å². The minimum Gasteiger partial charge on any atom is -0.371 e. The number of anilines is 2. The van der Waals surface area contributed by atoms with Crippen molar-refractivity contribution in [3.63, 3.8) is 0 Å². The summed E-state index contributed by atoms with van der Waals surface area (Å²) in [6, 6.07) is 12.9. The number of carbonyl (C=O) groups excluding carboxylic acids is 2. The molecular formula is C26H35BrN4O2. The molecule has 0 bridgehead atoms. The number of benzene rings is 2. The highest BCUT2D eigenvalue weighted by molar-refractivity contribution is 9.10. The molecule has 0 aromatic heterocycles. The van der Waals surface area contributed by atoms with Gasteiger partial charge < -0.3 is 20.4 Å². The molecular weight excluding hydrogens is 480 g/mol. The Kier molecular flexibility index (Phi) is 9.32. The first-order valence-electron chi connectivity index (χ1n) is 11.9. The summed E-state index contributed by atoms with van der Waals surface area (Å²) in [5.41, 5.74) is 2.73. The molecule has 3 rings (SSSR count). The SMILES string of the molecule is CCN(CC)CCNC(=O)c1cc(NC(=O)c2ccc(Br)cc2)ccc1N1CCC(C)CC1. The normalized spacial score (nSPS) is 14.4. The van der Waals surface area contributed by atoms with Gasteiger partial charge in [-0.15, -0.1) is 0 Å². The molecule has 0 atom stereocenters. The Labute approximate surface area is 205 Å². The van der Waals surface area contributed by atoms with Crippen LogP contribution in [0.15, 0.2) is 46.9 Å². The Bertz CT molecular complexity index is 936. The maximum atomic E-state index is 13.2. The predicted molar refractivity (Wildman–Crippen MR) is 139 cm³/mol. The maximum absolute atomic E-state index is 13.2. The largest absolute Gasteiger partial charge is 0.371 e. The van der Waals surface area contributed by atoms with Crippen molar-refractivity contribution >= 4 is 39.1 Å². The monoisotopic (exact) mass is 514 g/mol. The van der Waals surface area contributed by atoms with Gasteiger partial charge in [0.15, 0.2) is 0 Å². The van der Waals surface area contributed by atoms with Crippen LogP contribution >= 0.6 is 15.9 Å². The van der Waals surface area contributed by atoms with Crippen LogP contribution in [0.5, 0.6) is 0 Å². The number of nitrogens with zero attached hydrogens (tertiary/aromatic N) is 2. The first-order valence-corrected chi connectivity index (χ1v) is 12.7. The minimum atomic E-state index is -0.199. The van der Waals surface area contributed by atoms with Crippen LogP contribution in [0.2, 0.25) is 0 Å². The number of piperidine rings is 1. The van der Waals surface area contributed by atoms with Gasteiger partial charge in [0.1, 0.15) is 0 Å². The zero-order valence-corrected chi connectivity index (χ0v) is 21.5. The van der Waals surface area contributed by atoms with Gasteiger partial charge in [-0.05, 0) is 74.3 Å². The van der Waals surface area contributed by atoms with E-state index in [9.17, 15) is 9.59 Å². The van der Waals surface area contributed by atoms with Crippen molar-refractivity contribution in [3.05, 3.63) is 58.1 Å². The Morgan fingerprint density at radius 2 is 1.70 bits per heavy atom. The van der Waals surface area contributed by atoms with Gasteiger partial charge in [0.05, 0.1) is 5.56 Å². The zero-order chi connectivity index (χ0) is 23.8. The lowest BCUT2D eigenvalue weighted by Crippen LogP contribution is -2.37. The van der Waals surface area contributed by atoms with E-state index in [4.69, 9.17) is 0 Å². The molecule has 178 valence electrons. The Morgan fingerprint density at radius 1 is 1.03 bits per heavy atom. The molecule has 2 aromatic rings. The lowest BCUT2D eigenvalue weighted by Gasteiger charge is -2.33. The summed E-state index contributed by atoms with van der Waals surface area (Å²) >= 11 is 3.39. The number of hydrogen-bond acceptors (Lipinski definition) is 4. The van der Waals surface area contributed by atoms with Crippen molar-refractivity contribution in [2.75, 3.05) is 49.5 Å². The molecule has 2 N–H and O–H groups in total. The van der Waals surface area contributed by atoms with Crippen molar-refractivity contribution in [1.82, 2.24) is 10.2 Å². The number of likely N-dealkylation sites (N-methyl/N-ethyl adjacent to an activating group) is 1. The standard InChI is InChI=1S/C26H35BrN4O2/c1-4-30(5-2)17-14-28-26(33)23-18-22(29-25(32)20-6-8-21(27)9-7-20)10-11-24(23)31-15-12-19(3)13-16-31/h6-11,18-19H,4-5,12-17H2,1-3H3,(H,28,33)(H,29,32). The van der Waals surface area contributed by atoms with E-state index >= 15 is 0 Å². The molecule has 2 aromatic carbocycles. The fraction of sp³-hybridized carbons (Fsp3) is 0.462. The lowest BCUT2D eigenvalue weighted by atomic mass is 9.97. The van der Waals surface area contributed by atoms with E-state index in [1.165, 1.54) is 0 Å². The average Bonchev–Trinajstić information content (AvgIpc) is 2.82. The van der Waals surface area contributed by atoms with Gasteiger partial charge in [0.2, 0.25) is 0 Å². The Hall–Kier alpha value is -2.38. The molecule has 1 aliphatic heterocycles. The zero-order valence-electron chi connectivity index (χ0n) is 19.9. The quantitative estimate of drug-likeness (QED) is 0.493. The van der Waals surface area contributed by atoms with Gasteiger partial charge in [-0.3, -0.25) is 9.59 Å². The summed E-state index contributed by atoms with van der Waals surface area (Å²) < 4.78 is 0.919. The molecule has 0 unspecified atom stereocenters. The van der Waals surface area contributed by atoms with Gasteiger partial charge in [-0.25, -0.2) is 0 Å². The summed E-state index contributed by atoms with van der Waals surface area (Å²) in [4.78, 5) is 30.5. The van der Waals surface area contributed by atoms with Crippen LogP contribution in [0.3, 0.4) is 0 Å². The third kappa shape index (κ3) is 7.05. The molecule has 0 aliphatic carbocycles. The third-order valence-electron chi connectivity index (χ3n) is 6.34. The van der Waals surface area contributed by atoms with E-state index in [0.29, 0.717) is 29.3 Å². The first-order chi connectivity index (χ1) is 15.9. The van der Waals surface area contributed by atoms with E-state index < -0.39 is 0 Å². The highest BCUT2D eigenvalue weighted by Crippen LogP contribution is 2.29. The number of rotatable bonds is 9. The van der Waals surface area contributed by atoms with Gasteiger partial charge in [0, 0.05) is 47.6 Å². The van der Waals surface area contributed by atoms with E-state index in [2.05, 4.69) is 57.1 Å². The summed E-state index contributed by atoms with van der Waals surface area (Å²) in [5.74, 6) is 0.405. The molecule has 33 heavy (non-hydrogen) atoms. The second kappa shape index (κ2) is 12.2. The van der Waals surface area contributed by atoms with Crippen LogP contribution in [-0.4, -0.2) is 56.0 Å². The van der Waals surface area contributed by atoms with Crippen LogP contribution in [0.4, 0.5) is 11.4 Å². The van der Waals surface area contributed by atoms with Crippen LogP contribution in [-0.2, 0) is 0 Å². The van der Waals surface area contributed by atoms with Gasteiger partial charge in [-0.2, -0.15) is 0 Å². The fourth-order valence-electron chi connectivity index (χ4n) is 4.09. The van der Waals surface area contributed by atoms with Crippen LogP contribution in [0, 0.1) is 5.92 Å². The molecule has 0 radical (unpaired) electrons. The predicted octanol–water partition coefficient (Wildman–Crippen LogP) is 5.01. The number of hydrogen-bond donors (Lipinski definition) is 2. The van der Waals surface area contributed by atoms with Crippen molar-refractivity contribution in [1.29, 1.82) is 0 Å². The molecule has 0 spiro atoms. The van der Waals surface area contributed by atoms with Crippen molar-refractivity contribution in [2.24, 2.45) is 5.92 Å². The first kappa shape index (κ1) is 25.2. The number of carbonyl (C=O) groups is 2. The number of halogens is 1. The lowest BCUT2D eigenvalue weighted by molar-refractivity contribution is 0.0948. The highest BCUT2D eigenvalue weighted by Gasteiger charge is 2.22. The second-order valence-corrected chi connectivity index (χ2v) is 9.56. The summed E-state index contributed by atoms with van der Waals surface area (Å²) in [5, 5.41) is 6.02. The molecule has 7 heteroatoms. The molecule has 1 saturated heterocycles. The molecule has 1 fully saturated rings. The van der Waals surface area contributed by atoms with Crippen LogP contribution < -0.4 is 15.5 Å². The van der Waals surface area contributed by atoms with E-state index in [0.717, 1.165) is 55.7 Å². The van der Waals surface area contributed by atoms with Crippen LogP contribution in [0.25, 0.3) is 0 Å². The van der Waals surface area contributed by atoms with Crippen molar-refractivity contribution in [3.8, 4) is 0 Å². The minimum absolute atomic E-state index is 0.101. The average molecular weight is 515 g/mol. The summed E-state index contributed by atoms with van der Waals surface area (Å²) in [7, 11) is 0. The summed E-state index contributed by atoms with van der Waals surface area (Å²) in [6.07, 6.45) is 2.23. The summed E-state index contributed by atoms with van der Waals surface area (Å²) in [6.45, 7) is 11.7. The number of nitrogens with one attached hydrogen (secondary N) is 2. The van der Waals surface area contributed by atoms with E-state index in [1.807, 2.05) is 24.3 Å². The highest BCUT2D eigenvalue weighted by atomic mass is 79.9. The molecule has 6 nitrogen and oxygen atoms in total. The molecule has 0 saturated carbocycles. The molecule has 1 heterocycles. The van der Waals surface area contributed by atoms with Gasteiger partial charge >= 0.3 is 0 Å². The smallest absolute Gasteiger partial charge is 0.255 e. The van der Waals surface area contributed by atoms with E-state index in [1.54, 1.807) is 18.2 Å². The Balaban J connectivity index is 1.79. The topological polar surface area (TPSA) is 64.7 Å². The number of amides is 2. The van der Waals surface area contributed by atoms with Gasteiger partial charge in [-0.1, -0.05) is 36.7 Å². The third-order valence-corrected chi connectivity index (χ3v) is 6.87. The second-order valence-electron chi connectivity index (χ2n) is 8.65. The van der Waals surface area contributed by atoms with Crippen LogP contribution in [0.1, 0.15) is 54.3 Å². The van der Waals surface area contributed by atoms with Crippen molar-refractivity contribution < 1.29 is 9.59 Å². The molecule has 1 aliphatic rings.